The fourth-order valence-corrected chi connectivity index (χ4v) is 3.56. The van der Waals surface area contributed by atoms with E-state index >= 15 is 0 Å². The molecule has 1 aliphatic rings. The molecular weight excluding hydrogens is 358 g/mol. The van der Waals surface area contributed by atoms with Gasteiger partial charge >= 0.3 is 0 Å². The van der Waals surface area contributed by atoms with Gasteiger partial charge in [0.2, 0.25) is 5.91 Å². The number of aliphatic hydroxyl groups excluding tert-OH is 1. The number of nitrogens with zero attached hydrogens (tertiary/aromatic N) is 3. The molecule has 1 heterocycles. The molecule has 2 atom stereocenters. The number of aliphatic hydroxyl groups is 1. The van der Waals surface area contributed by atoms with Gasteiger partial charge in [0.05, 0.1) is 23.5 Å². The summed E-state index contributed by atoms with van der Waals surface area (Å²) < 4.78 is 0. The van der Waals surface area contributed by atoms with Crippen LogP contribution in [0.1, 0.15) is 23.6 Å². The van der Waals surface area contributed by atoms with Crippen LogP contribution in [0.15, 0.2) is 54.6 Å². The van der Waals surface area contributed by atoms with Crippen molar-refractivity contribution in [2.24, 2.45) is 0 Å². The zero-order chi connectivity index (χ0) is 20.1. The predicted octanol–water partition coefficient (Wildman–Crippen LogP) is 2.40. The van der Waals surface area contributed by atoms with Crippen LogP contribution < -0.4 is 0 Å². The number of hydrogen-bond acceptors (Lipinski definition) is 5. The highest BCUT2D eigenvalue weighted by atomic mass is 16.6. The largest absolute Gasteiger partial charge is 0.392 e. The van der Waals surface area contributed by atoms with E-state index in [4.69, 9.17) is 0 Å². The van der Waals surface area contributed by atoms with Gasteiger partial charge in [-0.25, -0.2) is 0 Å². The smallest absolute Gasteiger partial charge is 0.269 e. The lowest BCUT2D eigenvalue weighted by Crippen LogP contribution is -2.39. The topological polar surface area (TPSA) is 86.9 Å². The van der Waals surface area contributed by atoms with Crippen LogP contribution >= 0.6 is 0 Å². The predicted molar refractivity (Wildman–Crippen MR) is 106 cm³/mol. The molecule has 7 heteroatoms. The second kappa shape index (κ2) is 8.95. The molecule has 1 amide bonds. The normalized spacial score (nSPS) is 18.0. The first kappa shape index (κ1) is 20.0. The molecule has 0 radical (unpaired) electrons. The number of amides is 1. The summed E-state index contributed by atoms with van der Waals surface area (Å²) in [5.74, 6) is -0.0533. The minimum Gasteiger partial charge on any atom is -0.392 e. The minimum absolute atomic E-state index is 0.0132. The van der Waals surface area contributed by atoms with E-state index in [1.165, 1.54) is 12.1 Å². The van der Waals surface area contributed by atoms with E-state index in [0.717, 1.165) is 24.1 Å². The Bertz CT molecular complexity index is 810. The first-order valence-corrected chi connectivity index (χ1v) is 9.38. The van der Waals surface area contributed by atoms with Crippen molar-refractivity contribution in [1.82, 2.24) is 9.80 Å². The van der Waals surface area contributed by atoms with E-state index in [1.54, 1.807) is 24.1 Å². The molecule has 28 heavy (non-hydrogen) atoms. The summed E-state index contributed by atoms with van der Waals surface area (Å²) in [4.78, 5) is 27.2. The number of hydrogen-bond donors (Lipinski definition) is 1. The van der Waals surface area contributed by atoms with E-state index in [9.17, 15) is 20.0 Å². The average Bonchev–Trinajstić information content (AvgIpc) is 3.11. The third kappa shape index (κ3) is 4.94. The van der Waals surface area contributed by atoms with E-state index < -0.39 is 4.92 Å². The average molecular weight is 383 g/mol. The number of carbonyl (C=O) groups excluding carboxylic acids is 1. The lowest BCUT2D eigenvalue weighted by Gasteiger charge is -2.32. The summed E-state index contributed by atoms with van der Waals surface area (Å²) >= 11 is 0. The number of nitro benzene ring substituents is 1. The number of nitro groups is 1. The Kier molecular flexibility index (Phi) is 6.38. The van der Waals surface area contributed by atoms with Gasteiger partial charge in [-0.1, -0.05) is 42.5 Å². The summed E-state index contributed by atoms with van der Waals surface area (Å²) in [7, 11) is 1.79. The van der Waals surface area contributed by atoms with Crippen molar-refractivity contribution in [2.75, 3.05) is 26.7 Å². The van der Waals surface area contributed by atoms with Crippen molar-refractivity contribution >= 4 is 11.6 Å². The Balaban J connectivity index is 1.73. The van der Waals surface area contributed by atoms with Crippen LogP contribution in [-0.2, 0) is 11.2 Å². The molecule has 0 saturated carbocycles. The highest BCUT2D eigenvalue weighted by Gasteiger charge is 2.28. The van der Waals surface area contributed by atoms with Gasteiger partial charge in [0.1, 0.15) is 0 Å². The maximum atomic E-state index is 12.9. The van der Waals surface area contributed by atoms with Gasteiger partial charge < -0.3 is 10.0 Å². The van der Waals surface area contributed by atoms with E-state index in [-0.39, 0.29) is 30.2 Å². The van der Waals surface area contributed by atoms with Gasteiger partial charge in [-0.15, -0.1) is 0 Å². The highest BCUT2D eigenvalue weighted by molar-refractivity contribution is 5.79. The molecule has 1 fully saturated rings. The number of benzene rings is 2. The molecule has 0 aliphatic carbocycles. The van der Waals surface area contributed by atoms with Crippen LogP contribution in [0.3, 0.4) is 0 Å². The van der Waals surface area contributed by atoms with Gasteiger partial charge in [-0.2, -0.15) is 0 Å². The molecule has 148 valence electrons. The van der Waals surface area contributed by atoms with Crippen molar-refractivity contribution in [2.45, 2.75) is 25.0 Å². The Morgan fingerprint density at radius 2 is 1.93 bits per heavy atom. The molecule has 2 aromatic carbocycles. The highest BCUT2D eigenvalue weighted by Crippen LogP contribution is 2.24. The van der Waals surface area contributed by atoms with E-state index in [2.05, 4.69) is 4.90 Å². The van der Waals surface area contributed by atoms with Crippen LogP contribution in [0.2, 0.25) is 0 Å². The fraction of sp³-hybridized carbons (Fsp3) is 0.381. The summed E-state index contributed by atoms with van der Waals surface area (Å²) in [6, 6.07) is 15.8. The standard InChI is InChI=1S/C21H25N3O4/c1-22(21(26)13-16-7-9-18(10-8-16)24(27)28)20(17-5-3-2-4-6-17)15-23-12-11-19(25)14-23/h2-10,19-20,25H,11-15H2,1H3/t19?,20-/m1/s1. The van der Waals surface area contributed by atoms with Crippen LogP contribution in [0.25, 0.3) is 0 Å². The second-order valence-electron chi connectivity index (χ2n) is 7.23. The molecule has 0 aromatic heterocycles. The van der Waals surface area contributed by atoms with Crippen molar-refractivity contribution in [3.05, 3.63) is 75.8 Å². The van der Waals surface area contributed by atoms with Gasteiger partial charge in [0, 0.05) is 38.8 Å². The summed E-state index contributed by atoms with van der Waals surface area (Å²) in [6.07, 6.45) is 0.625. The van der Waals surface area contributed by atoms with Gasteiger partial charge in [-0.05, 0) is 17.5 Å². The molecule has 0 bridgehead atoms. The Morgan fingerprint density at radius 3 is 2.50 bits per heavy atom. The molecule has 2 aromatic rings. The Labute approximate surface area is 164 Å². The molecule has 1 N–H and O–H groups in total. The summed E-state index contributed by atoms with van der Waals surface area (Å²) in [5.41, 5.74) is 1.80. The second-order valence-corrected chi connectivity index (χ2v) is 7.23. The molecule has 7 nitrogen and oxygen atoms in total. The number of likely N-dealkylation sites (tertiary alicyclic amines) is 1. The number of carbonyl (C=O) groups is 1. The molecule has 1 unspecified atom stereocenters. The van der Waals surface area contributed by atoms with Crippen molar-refractivity contribution < 1.29 is 14.8 Å². The van der Waals surface area contributed by atoms with E-state index in [1.807, 2.05) is 30.3 Å². The molecular formula is C21H25N3O4. The Hall–Kier alpha value is -2.77. The maximum Gasteiger partial charge on any atom is 0.269 e. The van der Waals surface area contributed by atoms with Crippen LogP contribution in [0, 0.1) is 10.1 Å². The van der Waals surface area contributed by atoms with Gasteiger partial charge in [0.25, 0.3) is 5.69 Å². The summed E-state index contributed by atoms with van der Waals surface area (Å²) in [5, 5.41) is 20.6. The number of non-ortho nitro benzene ring substituents is 1. The fourth-order valence-electron chi connectivity index (χ4n) is 3.56. The third-order valence-electron chi connectivity index (χ3n) is 5.23. The lowest BCUT2D eigenvalue weighted by molar-refractivity contribution is -0.384. The van der Waals surface area contributed by atoms with Crippen molar-refractivity contribution in [3.8, 4) is 0 Å². The lowest BCUT2D eigenvalue weighted by atomic mass is 10.0. The quantitative estimate of drug-likeness (QED) is 0.586. The molecule has 3 rings (SSSR count). The SMILES string of the molecule is CN(C(=O)Cc1ccc([N+](=O)[O-])cc1)[C@H](CN1CCC(O)C1)c1ccccc1. The van der Waals surface area contributed by atoms with Gasteiger partial charge in [-0.3, -0.25) is 19.8 Å². The minimum atomic E-state index is -0.451. The van der Waals surface area contributed by atoms with Crippen molar-refractivity contribution in [1.29, 1.82) is 0 Å². The summed E-state index contributed by atoms with van der Waals surface area (Å²) in [6.45, 7) is 2.09. The van der Waals surface area contributed by atoms with Crippen LogP contribution in [-0.4, -0.2) is 58.5 Å². The maximum absolute atomic E-state index is 12.9. The zero-order valence-corrected chi connectivity index (χ0v) is 15.9. The monoisotopic (exact) mass is 383 g/mol. The van der Waals surface area contributed by atoms with Gasteiger partial charge in [0.15, 0.2) is 0 Å². The molecule has 1 aliphatic heterocycles. The van der Waals surface area contributed by atoms with Crippen LogP contribution in [0.4, 0.5) is 5.69 Å². The molecule has 0 spiro atoms. The van der Waals surface area contributed by atoms with E-state index in [0.29, 0.717) is 13.1 Å². The number of rotatable bonds is 7. The number of β-amino-alcohol motifs (C(OH)–C–C–N with tert-alkyl or cyclic N) is 1. The third-order valence-corrected chi connectivity index (χ3v) is 5.23. The van der Waals surface area contributed by atoms with Crippen LogP contribution in [0.5, 0.6) is 0 Å². The number of likely N-dealkylation sites (N-methyl/N-ethyl adjacent to an activating group) is 1. The zero-order valence-electron chi connectivity index (χ0n) is 15.9. The first-order valence-electron chi connectivity index (χ1n) is 9.38. The first-order chi connectivity index (χ1) is 13.4. The van der Waals surface area contributed by atoms with Crippen molar-refractivity contribution in [3.63, 3.8) is 0 Å². The molecule has 1 saturated heterocycles. The Morgan fingerprint density at radius 1 is 1.25 bits per heavy atom.